The molecule has 1 amide bonds. The molecule has 0 bridgehead atoms. The van der Waals surface area contributed by atoms with Crippen LogP contribution >= 0.6 is 11.8 Å². The van der Waals surface area contributed by atoms with Crippen molar-refractivity contribution < 1.29 is 14.7 Å². The van der Waals surface area contributed by atoms with Gasteiger partial charge in [-0.25, -0.2) is 0 Å². The molecule has 0 fully saturated rings. The van der Waals surface area contributed by atoms with Gasteiger partial charge >= 0.3 is 0 Å². The van der Waals surface area contributed by atoms with Crippen molar-refractivity contribution in [2.24, 2.45) is 0 Å². The monoisotopic (exact) mass is 396 g/mol. The van der Waals surface area contributed by atoms with Crippen LogP contribution in [0.3, 0.4) is 0 Å². The number of thioether (sulfide) groups is 1. The maximum Gasteiger partial charge on any atom is 0.221 e. The van der Waals surface area contributed by atoms with Crippen molar-refractivity contribution in [3.05, 3.63) is 65.5 Å². The fourth-order valence-electron chi connectivity index (χ4n) is 2.63. The lowest BCUT2D eigenvalue weighted by Gasteiger charge is -2.09. The number of aryl methyl sites for hydroxylation is 1. The minimum Gasteiger partial charge on any atom is -0.506 e. The first-order chi connectivity index (χ1) is 13.4. The van der Waals surface area contributed by atoms with Crippen LogP contribution in [0, 0.1) is 6.92 Å². The normalized spacial score (nSPS) is 10.6. The fraction of sp³-hybridized carbons (Fsp3) is 0.200. The fourth-order valence-corrected chi connectivity index (χ4v) is 3.51. The molecule has 3 rings (SSSR count). The lowest BCUT2D eigenvalue weighted by atomic mass is 10.1. The summed E-state index contributed by atoms with van der Waals surface area (Å²) >= 11 is 1.30. The van der Waals surface area contributed by atoms with Crippen LogP contribution in [0.4, 0.5) is 5.69 Å². The first kappa shape index (κ1) is 19.6. The molecule has 0 aliphatic rings. The standard InChI is InChI=1S/C20H20N4O3S/c1-13-22-23-20(24(13)11-15-6-4-3-5-7-15)28-12-19(27)16-8-9-18(26)17(10-16)21-14(2)25/h3-10,26H,11-12H2,1-2H3,(H,21,25). The first-order valence-corrected chi connectivity index (χ1v) is 9.63. The van der Waals surface area contributed by atoms with Crippen molar-refractivity contribution in [3.63, 3.8) is 0 Å². The molecule has 1 aromatic heterocycles. The van der Waals surface area contributed by atoms with E-state index >= 15 is 0 Å². The molecule has 28 heavy (non-hydrogen) atoms. The van der Waals surface area contributed by atoms with Gasteiger partial charge in [0, 0.05) is 12.5 Å². The number of aromatic nitrogens is 3. The Labute approximate surface area is 166 Å². The number of Topliss-reactive ketones (excluding diaryl/α,β-unsaturated/α-hetero) is 1. The second-order valence-electron chi connectivity index (χ2n) is 6.23. The highest BCUT2D eigenvalue weighted by Gasteiger charge is 2.15. The molecule has 3 aromatic rings. The van der Waals surface area contributed by atoms with E-state index in [1.54, 1.807) is 0 Å². The van der Waals surface area contributed by atoms with Gasteiger partial charge in [0.25, 0.3) is 0 Å². The van der Waals surface area contributed by atoms with Crippen LogP contribution in [0.15, 0.2) is 53.7 Å². The highest BCUT2D eigenvalue weighted by atomic mass is 32.2. The summed E-state index contributed by atoms with van der Waals surface area (Å²) in [5, 5.41) is 21.3. The predicted octanol–water partition coefficient (Wildman–Crippen LogP) is 3.27. The van der Waals surface area contributed by atoms with E-state index in [1.807, 2.05) is 41.8 Å². The Morgan fingerprint density at radius 1 is 1.14 bits per heavy atom. The number of nitrogens with zero attached hydrogens (tertiary/aromatic N) is 3. The van der Waals surface area contributed by atoms with Crippen LogP contribution in [0.5, 0.6) is 5.75 Å². The molecule has 0 spiro atoms. The number of carbonyl (C=O) groups is 2. The van der Waals surface area contributed by atoms with Gasteiger partial charge in [-0.15, -0.1) is 10.2 Å². The summed E-state index contributed by atoms with van der Waals surface area (Å²) in [6.07, 6.45) is 0. The second-order valence-corrected chi connectivity index (χ2v) is 7.17. The summed E-state index contributed by atoms with van der Waals surface area (Å²) in [5.74, 6) is 0.397. The molecule has 7 nitrogen and oxygen atoms in total. The summed E-state index contributed by atoms with van der Waals surface area (Å²) in [6.45, 7) is 3.84. The zero-order valence-corrected chi connectivity index (χ0v) is 16.4. The zero-order chi connectivity index (χ0) is 20.1. The Balaban J connectivity index is 1.71. The minimum atomic E-state index is -0.321. The maximum absolute atomic E-state index is 12.6. The number of anilines is 1. The Morgan fingerprint density at radius 2 is 1.89 bits per heavy atom. The SMILES string of the molecule is CC(=O)Nc1cc(C(=O)CSc2nnc(C)n2Cc2ccccc2)ccc1O. The van der Waals surface area contributed by atoms with E-state index in [0.29, 0.717) is 17.3 Å². The summed E-state index contributed by atoms with van der Waals surface area (Å²) in [5.41, 5.74) is 1.74. The summed E-state index contributed by atoms with van der Waals surface area (Å²) < 4.78 is 1.97. The molecule has 0 unspecified atom stereocenters. The van der Waals surface area contributed by atoms with Crippen molar-refractivity contribution >= 4 is 29.1 Å². The molecule has 0 aliphatic carbocycles. The number of aromatic hydroxyl groups is 1. The van der Waals surface area contributed by atoms with Crippen molar-refractivity contribution in [2.45, 2.75) is 25.5 Å². The summed E-state index contributed by atoms with van der Waals surface area (Å²) in [7, 11) is 0. The van der Waals surface area contributed by atoms with Crippen LogP contribution in [-0.2, 0) is 11.3 Å². The third kappa shape index (κ3) is 4.77. The molecule has 0 aliphatic heterocycles. The molecule has 0 saturated heterocycles. The van der Waals surface area contributed by atoms with Gasteiger partial charge in [-0.05, 0) is 30.7 Å². The molecule has 144 valence electrons. The number of hydrogen-bond acceptors (Lipinski definition) is 6. The van der Waals surface area contributed by atoms with Gasteiger partial charge in [0.15, 0.2) is 10.9 Å². The molecule has 8 heteroatoms. The average Bonchev–Trinajstić information content (AvgIpc) is 3.02. The quantitative estimate of drug-likeness (QED) is 0.361. The van der Waals surface area contributed by atoms with Crippen LogP contribution in [0.1, 0.15) is 28.7 Å². The summed E-state index contributed by atoms with van der Waals surface area (Å²) in [4.78, 5) is 23.8. The lowest BCUT2D eigenvalue weighted by molar-refractivity contribution is -0.114. The largest absolute Gasteiger partial charge is 0.506 e. The highest BCUT2D eigenvalue weighted by Crippen LogP contribution is 2.26. The molecular formula is C20H20N4O3S. The van der Waals surface area contributed by atoms with E-state index in [9.17, 15) is 14.7 Å². The number of phenols is 1. The Morgan fingerprint density at radius 3 is 2.61 bits per heavy atom. The van der Waals surface area contributed by atoms with Gasteiger partial charge in [0.2, 0.25) is 5.91 Å². The topological polar surface area (TPSA) is 97.1 Å². The van der Waals surface area contributed by atoms with Gasteiger partial charge in [-0.3, -0.25) is 9.59 Å². The number of rotatable bonds is 7. The Kier molecular flexibility index (Phi) is 6.10. The highest BCUT2D eigenvalue weighted by molar-refractivity contribution is 7.99. The van der Waals surface area contributed by atoms with E-state index in [-0.39, 0.29) is 28.9 Å². The molecule has 2 N–H and O–H groups in total. The van der Waals surface area contributed by atoms with E-state index in [0.717, 1.165) is 11.4 Å². The van der Waals surface area contributed by atoms with Gasteiger partial charge in [-0.2, -0.15) is 0 Å². The third-order valence-corrected chi connectivity index (χ3v) is 5.01. The summed E-state index contributed by atoms with van der Waals surface area (Å²) in [6, 6.07) is 14.4. The van der Waals surface area contributed by atoms with Gasteiger partial charge < -0.3 is 15.0 Å². The number of amides is 1. The Bertz CT molecular complexity index is 1000. The molecule has 0 saturated carbocycles. The number of nitrogens with one attached hydrogen (secondary N) is 1. The average molecular weight is 396 g/mol. The second kappa shape index (κ2) is 8.71. The van der Waals surface area contributed by atoms with Crippen molar-refractivity contribution in [2.75, 3.05) is 11.1 Å². The Hall–Kier alpha value is -3.13. The molecule has 2 aromatic carbocycles. The van der Waals surface area contributed by atoms with Crippen molar-refractivity contribution in [1.82, 2.24) is 14.8 Å². The van der Waals surface area contributed by atoms with Crippen molar-refractivity contribution in [1.29, 1.82) is 0 Å². The molecule has 1 heterocycles. The van der Waals surface area contributed by atoms with E-state index in [2.05, 4.69) is 15.5 Å². The van der Waals surface area contributed by atoms with E-state index < -0.39 is 0 Å². The minimum absolute atomic E-state index is 0.0855. The van der Waals surface area contributed by atoms with Crippen LogP contribution in [0.2, 0.25) is 0 Å². The van der Waals surface area contributed by atoms with E-state index in [4.69, 9.17) is 0 Å². The van der Waals surface area contributed by atoms with Gasteiger partial charge in [0.1, 0.15) is 11.6 Å². The maximum atomic E-state index is 12.6. The lowest BCUT2D eigenvalue weighted by Crippen LogP contribution is -2.09. The van der Waals surface area contributed by atoms with Gasteiger partial charge in [-0.1, -0.05) is 42.1 Å². The molecule has 0 atom stereocenters. The predicted molar refractivity (Wildman–Crippen MR) is 108 cm³/mol. The number of phenolic OH excluding ortho intramolecular Hbond substituents is 1. The third-order valence-electron chi connectivity index (χ3n) is 4.05. The number of ketones is 1. The van der Waals surface area contributed by atoms with Crippen LogP contribution in [0.25, 0.3) is 0 Å². The first-order valence-electron chi connectivity index (χ1n) is 8.64. The van der Waals surface area contributed by atoms with Crippen LogP contribution in [-0.4, -0.2) is 37.3 Å². The molecular weight excluding hydrogens is 376 g/mol. The zero-order valence-electron chi connectivity index (χ0n) is 15.5. The van der Waals surface area contributed by atoms with Crippen LogP contribution < -0.4 is 5.32 Å². The van der Waals surface area contributed by atoms with E-state index in [1.165, 1.54) is 36.9 Å². The molecule has 0 radical (unpaired) electrons. The smallest absolute Gasteiger partial charge is 0.221 e. The van der Waals surface area contributed by atoms with Gasteiger partial charge in [0.05, 0.1) is 18.0 Å². The number of benzene rings is 2. The van der Waals surface area contributed by atoms with Crippen molar-refractivity contribution in [3.8, 4) is 5.75 Å². The number of hydrogen-bond donors (Lipinski definition) is 2. The number of carbonyl (C=O) groups excluding carboxylic acids is 2.